The molecule has 0 aromatic heterocycles. The van der Waals surface area contributed by atoms with E-state index in [1.54, 1.807) is 13.0 Å². The molecular formula is C8H15NO3. The van der Waals surface area contributed by atoms with Crippen molar-refractivity contribution in [1.29, 1.82) is 0 Å². The van der Waals surface area contributed by atoms with E-state index < -0.39 is 0 Å². The molecule has 4 nitrogen and oxygen atoms in total. The van der Waals surface area contributed by atoms with Gasteiger partial charge in [0, 0.05) is 18.7 Å². The second kappa shape index (κ2) is 6.82. The van der Waals surface area contributed by atoms with Crippen molar-refractivity contribution in [3.63, 3.8) is 0 Å². The molecule has 0 aromatic carbocycles. The third kappa shape index (κ3) is 4.87. The number of aliphatic hydroxyl groups excluding tert-OH is 1. The van der Waals surface area contributed by atoms with Gasteiger partial charge in [0.1, 0.15) is 0 Å². The molecule has 12 heavy (non-hydrogen) atoms. The van der Waals surface area contributed by atoms with Crippen molar-refractivity contribution < 1.29 is 14.6 Å². The molecule has 0 radical (unpaired) electrons. The van der Waals surface area contributed by atoms with E-state index in [1.807, 2.05) is 0 Å². The standard InChI is InChI=1S/C8H15NO3/c1-7(8(11)12-2)3-4-9-5-6-10/h3,9-10H,4-6H2,1-2H3. The number of carbonyl (C=O) groups excluding carboxylic acids is 1. The summed E-state index contributed by atoms with van der Waals surface area (Å²) >= 11 is 0. The number of methoxy groups -OCH3 is 1. The molecule has 0 aliphatic carbocycles. The van der Waals surface area contributed by atoms with Crippen molar-refractivity contribution in [3.05, 3.63) is 11.6 Å². The Labute approximate surface area is 72.2 Å². The summed E-state index contributed by atoms with van der Waals surface area (Å²) in [7, 11) is 1.35. The van der Waals surface area contributed by atoms with Crippen LogP contribution in [0.4, 0.5) is 0 Å². The SMILES string of the molecule is COC(=O)C(C)=CCNCCO. The van der Waals surface area contributed by atoms with Crippen LogP contribution in [-0.4, -0.2) is 37.9 Å². The predicted molar refractivity (Wildman–Crippen MR) is 45.7 cm³/mol. The van der Waals surface area contributed by atoms with Crippen LogP contribution in [0.3, 0.4) is 0 Å². The number of hydrogen-bond acceptors (Lipinski definition) is 4. The molecule has 4 heteroatoms. The molecule has 0 unspecified atom stereocenters. The van der Waals surface area contributed by atoms with Gasteiger partial charge in [-0.3, -0.25) is 0 Å². The first kappa shape index (κ1) is 11.1. The van der Waals surface area contributed by atoms with E-state index in [9.17, 15) is 4.79 Å². The molecule has 0 aromatic rings. The Hall–Kier alpha value is -0.870. The number of rotatable bonds is 5. The molecule has 0 amide bonds. The van der Waals surface area contributed by atoms with E-state index in [1.165, 1.54) is 7.11 Å². The molecule has 0 saturated carbocycles. The lowest BCUT2D eigenvalue weighted by atomic mass is 10.3. The lowest BCUT2D eigenvalue weighted by Crippen LogP contribution is -2.18. The highest BCUT2D eigenvalue weighted by Crippen LogP contribution is 1.93. The molecular weight excluding hydrogens is 158 g/mol. The van der Waals surface area contributed by atoms with E-state index in [-0.39, 0.29) is 12.6 Å². The number of carbonyl (C=O) groups is 1. The van der Waals surface area contributed by atoms with E-state index in [0.717, 1.165) is 0 Å². The molecule has 0 spiro atoms. The number of hydrogen-bond donors (Lipinski definition) is 2. The maximum atomic E-state index is 10.8. The van der Waals surface area contributed by atoms with Crippen molar-refractivity contribution in [3.8, 4) is 0 Å². The van der Waals surface area contributed by atoms with Crippen LogP contribution in [-0.2, 0) is 9.53 Å². The van der Waals surface area contributed by atoms with Crippen LogP contribution in [0.25, 0.3) is 0 Å². The van der Waals surface area contributed by atoms with Crippen LogP contribution < -0.4 is 5.32 Å². The Kier molecular flexibility index (Phi) is 6.32. The first-order valence-corrected chi connectivity index (χ1v) is 3.79. The quantitative estimate of drug-likeness (QED) is 0.340. The second-order valence-corrected chi connectivity index (χ2v) is 2.31. The first-order valence-electron chi connectivity index (χ1n) is 3.79. The lowest BCUT2D eigenvalue weighted by Gasteiger charge is -1.99. The van der Waals surface area contributed by atoms with Crippen LogP contribution in [0, 0.1) is 0 Å². The van der Waals surface area contributed by atoms with Crippen molar-refractivity contribution in [1.82, 2.24) is 5.32 Å². The Balaban J connectivity index is 3.61. The van der Waals surface area contributed by atoms with Crippen molar-refractivity contribution in [2.45, 2.75) is 6.92 Å². The van der Waals surface area contributed by atoms with Gasteiger partial charge in [0.2, 0.25) is 0 Å². The van der Waals surface area contributed by atoms with Gasteiger partial charge in [-0.2, -0.15) is 0 Å². The molecule has 0 bridgehead atoms. The minimum Gasteiger partial charge on any atom is -0.466 e. The van der Waals surface area contributed by atoms with Crippen molar-refractivity contribution in [2.75, 3.05) is 26.8 Å². The summed E-state index contributed by atoms with van der Waals surface area (Å²) in [6.45, 7) is 2.89. The van der Waals surface area contributed by atoms with Gasteiger partial charge in [0.15, 0.2) is 0 Å². The van der Waals surface area contributed by atoms with Crippen LogP contribution in [0.15, 0.2) is 11.6 Å². The van der Waals surface area contributed by atoms with Gasteiger partial charge in [-0.15, -0.1) is 0 Å². The van der Waals surface area contributed by atoms with Crippen molar-refractivity contribution >= 4 is 5.97 Å². The molecule has 0 atom stereocenters. The third-order valence-electron chi connectivity index (χ3n) is 1.35. The Morgan fingerprint density at radius 2 is 2.33 bits per heavy atom. The second-order valence-electron chi connectivity index (χ2n) is 2.31. The summed E-state index contributed by atoms with van der Waals surface area (Å²) in [5, 5.41) is 11.3. The number of nitrogens with one attached hydrogen (secondary N) is 1. The molecule has 0 rings (SSSR count). The van der Waals surface area contributed by atoms with Crippen molar-refractivity contribution in [2.24, 2.45) is 0 Å². The zero-order chi connectivity index (χ0) is 9.40. The molecule has 0 heterocycles. The molecule has 2 N–H and O–H groups in total. The van der Waals surface area contributed by atoms with E-state index in [0.29, 0.717) is 18.7 Å². The number of esters is 1. The highest BCUT2D eigenvalue weighted by atomic mass is 16.5. The summed E-state index contributed by atoms with van der Waals surface area (Å²) in [4.78, 5) is 10.8. The fourth-order valence-corrected chi connectivity index (χ4v) is 0.651. The smallest absolute Gasteiger partial charge is 0.333 e. The Bertz CT molecular complexity index is 166. The average molecular weight is 173 g/mol. The van der Waals surface area contributed by atoms with Gasteiger partial charge in [-0.25, -0.2) is 4.79 Å². The predicted octanol–water partition coefficient (Wildman–Crippen LogP) is -0.312. The van der Waals surface area contributed by atoms with Crippen LogP contribution in [0.1, 0.15) is 6.92 Å². The lowest BCUT2D eigenvalue weighted by molar-refractivity contribution is -0.136. The Morgan fingerprint density at radius 1 is 1.67 bits per heavy atom. The summed E-state index contributed by atoms with van der Waals surface area (Å²) in [6, 6.07) is 0. The molecule has 0 saturated heterocycles. The fraction of sp³-hybridized carbons (Fsp3) is 0.625. The van der Waals surface area contributed by atoms with Crippen LogP contribution in [0.2, 0.25) is 0 Å². The van der Waals surface area contributed by atoms with Gasteiger partial charge in [0.05, 0.1) is 13.7 Å². The zero-order valence-corrected chi connectivity index (χ0v) is 7.46. The first-order chi connectivity index (χ1) is 5.72. The normalized spacial score (nSPS) is 11.4. The van der Waals surface area contributed by atoms with Gasteiger partial charge >= 0.3 is 5.97 Å². The average Bonchev–Trinajstić information content (AvgIpc) is 2.10. The van der Waals surface area contributed by atoms with Gasteiger partial charge in [-0.1, -0.05) is 6.08 Å². The summed E-state index contributed by atoms with van der Waals surface area (Å²) < 4.78 is 4.48. The molecule has 0 aliphatic heterocycles. The maximum Gasteiger partial charge on any atom is 0.333 e. The van der Waals surface area contributed by atoms with E-state index in [2.05, 4.69) is 10.1 Å². The Morgan fingerprint density at radius 3 is 2.83 bits per heavy atom. The third-order valence-corrected chi connectivity index (χ3v) is 1.35. The van der Waals surface area contributed by atoms with E-state index >= 15 is 0 Å². The summed E-state index contributed by atoms with van der Waals surface area (Å²) in [6.07, 6.45) is 1.72. The molecule has 70 valence electrons. The zero-order valence-electron chi connectivity index (χ0n) is 7.46. The topological polar surface area (TPSA) is 58.6 Å². The minimum atomic E-state index is -0.319. The highest BCUT2D eigenvalue weighted by Gasteiger charge is 2.00. The van der Waals surface area contributed by atoms with Gasteiger partial charge in [-0.05, 0) is 6.92 Å². The molecule has 0 aliphatic rings. The van der Waals surface area contributed by atoms with E-state index in [4.69, 9.17) is 5.11 Å². The monoisotopic (exact) mass is 173 g/mol. The number of ether oxygens (including phenoxy) is 1. The van der Waals surface area contributed by atoms with Crippen LogP contribution >= 0.6 is 0 Å². The number of aliphatic hydroxyl groups is 1. The van der Waals surface area contributed by atoms with Gasteiger partial charge < -0.3 is 15.2 Å². The van der Waals surface area contributed by atoms with Gasteiger partial charge in [0.25, 0.3) is 0 Å². The summed E-state index contributed by atoms with van der Waals surface area (Å²) in [5.74, 6) is -0.319. The summed E-state index contributed by atoms with van der Waals surface area (Å²) in [5.41, 5.74) is 0.572. The highest BCUT2D eigenvalue weighted by molar-refractivity contribution is 5.87. The maximum absolute atomic E-state index is 10.8. The largest absolute Gasteiger partial charge is 0.466 e. The van der Waals surface area contributed by atoms with Crippen LogP contribution in [0.5, 0.6) is 0 Å². The minimum absolute atomic E-state index is 0.102. The fourth-order valence-electron chi connectivity index (χ4n) is 0.651. The molecule has 0 fully saturated rings.